The van der Waals surface area contributed by atoms with Crippen LogP contribution in [0.4, 0.5) is 13.2 Å². The van der Waals surface area contributed by atoms with Crippen molar-refractivity contribution >= 4 is 58.8 Å². The molecule has 3 aromatic rings. The van der Waals surface area contributed by atoms with Gasteiger partial charge in [-0.2, -0.15) is 13.2 Å². The number of hydrogen-bond acceptors (Lipinski definition) is 4. The Labute approximate surface area is 204 Å². The predicted octanol–water partition coefficient (Wildman–Crippen LogP) is 8.29. The van der Waals surface area contributed by atoms with E-state index in [1.54, 1.807) is 0 Å². The van der Waals surface area contributed by atoms with Crippen molar-refractivity contribution in [3.8, 4) is 11.1 Å². The predicted molar refractivity (Wildman–Crippen MR) is 122 cm³/mol. The van der Waals surface area contributed by atoms with Crippen LogP contribution in [0.15, 0.2) is 53.4 Å². The van der Waals surface area contributed by atoms with Crippen molar-refractivity contribution < 1.29 is 31.9 Å². The molecule has 0 saturated heterocycles. The number of carbonyl (C=O) groups is 1. The number of hydrogen-bond donors (Lipinski definition) is 1. The van der Waals surface area contributed by atoms with E-state index in [1.807, 2.05) is 0 Å². The molecule has 0 bridgehead atoms. The first-order valence-electron chi connectivity index (χ1n) is 9.06. The molecule has 3 aromatic carbocycles. The van der Waals surface area contributed by atoms with Gasteiger partial charge in [0, 0.05) is 16.1 Å². The van der Waals surface area contributed by atoms with E-state index in [1.165, 1.54) is 30.3 Å². The number of benzene rings is 3. The van der Waals surface area contributed by atoms with Gasteiger partial charge in [-0.3, -0.25) is 9.32 Å². The second-order valence-electron chi connectivity index (χ2n) is 7.00. The van der Waals surface area contributed by atoms with Crippen molar-refractivity contribution in [1.29, 1.82) is 0 Å². The average molecular weight is 554 g/mol. The van der Waals surface area contributed by atoms with Gasteiger partial charge in [0.15, 0.2) is 5.78 Å². The Bertz CT molecular complexity index is 1320. The van der Waals surface area contributed by atoms with Gasteiger partial charge >= 0.3 is 13.0 Å². The van der Waals surface area contributed by atoms with Gasteiger partial charge in [0.25, 0.3) is 0 Å². The lowest BCUT2D eigenvalue weighted by Crippen LogP contribution is -2.05. The minimum absolute atomic E-state index is 0.0782. The minimum Gasteiger partial charge on any atom is -0.316 e. The van der Waals surface area contributed by atoms with Crippen LogP contribution < -0.4 is 0 Å². The summed E-state index contributed by atoms with van der Waals surface area (Å²) in [5, 5.41) is 0.415. The van der Waals surface area contributed by atoms with Gasteiger partial charge in [0.2, 0.25) is 0 Å². The fraction of sp³-hybridized carbons (Fsp3) is 0.0952. The van der Waals surface area contributed by atoms with Crippen LogP contribution in [-0.2, 0) is 21.9 Å². The van der Waals surface area contributed by atoms with Crippen molar-refractivity contribution in [3.05, 3.63) is 85.9 Å². The Balaban J connectivity index is 1.54. The van der Waals surface area contributed by atoms with Crippen LogP contribution in [0.2, 0.25) is 15.1 Å². The molecule has 33 heavy (non-hydrogen) atoms. The van der Waals surface area contributed by atoms with E-state index in [4.69, 9.17) is 39.3 Å². The molecule has 1 aliphatic carbocycles. The van der Waals surface area contributed by atoms with E-state index >= 15 is 0 Å². The first-order chi connectivity index (χ1) is 15.4. The van der Waals surface area contributed by atoms with Crippen LogP contribution in [0.25, 0.3) is 11.1 Å². The Morgan fingerprint density at radius 3 is 2.18 bits per heavy atom. The second-order valence-corrected chi connectivity index (χ2v) is 12.0. The highest BCUT2D eigenvalue weighted by atomic mass is 35.5. The van der Waals surface area contributed by atoms with Crippen molar-refractivity contribution in [1.82, 2.24) is 0 Å². The lowest BCUT2D eigenvalue weighted by Gasteiger charge is -2.14. The van der Waals surface area contributed by atoms with E-state index in [-0.39, 0.29) is 43.3 Å². The van der Waals surface area contributed by atoms with E-state index in [2.05, 4.69) is 0 Å². The summed E-state index contributed by atoms with van der Waals surface area (Å²) in [6, 6.07) is 10.1. The number of ketones is 1. The highest BCUT2D eigenvalue weighted by molar-refractivity contribution is 8.54. The second kappa shape index (κ2) is 8.93. The van der Waals surface area contributed by atoms with Crippen molar-refractivity contribution in [2.45, 2.75) is 17.7 Å². The molecule has 0 spiro atoms. The van der Waals surface area contributed by atoms with Crippen molar-refractivity contribution in [2.75, 3.05) is 0 Å². The Hall–Kier alpha value is -1.51. The molecule has 0 radical (unpaired) electrons. The lowest BCUT2D eigenvalue weighted by molar-refractivity contribution is -0.137. The molecule has 0 aliphatic heterocycles. The first kappa shape index (κ1) is 24.6. The van der Waals surface area contributed by atoms with Crippen LogP contribution in [0, 0.1) is 0 Å². The van der Waals surface area contributed by atoms with Crippen molar-refractivity contribution in [3.63, 3.8) is 0 Å². The number of halogens is 6. The van der Waals surface area contributed by atoms with E-state index in [0.717, 1.165) is 18.2 Å². The topological polar surface area (TPSA) is 63.6 Å². The van der Waals surface area contributed by atoms with Crippen LogP contribution in [0.3, 0.4) is 0 Å². The molecule has 12 heteroatoms. The largest absolute Gasteiger partial charge is 0.416 e. The van der Waals surface area contributed by atoms with Gasteiger partial charge in [0.1, 0.15) is 0 Å². The maximum Gasteiger partial charge on any atom is 0.416 e. The fourth-order valence-electron chi connectivity index (χ4n) is 3.30. The summed E-state index contributed by atoms with van der Waals surface area (Å²) >= 11 is 18.3. The molecule has 172 valence electrons. The average Bonchev–Trinajstić information content (AvgIpc) is 3.00. The number of rotatable bonds is 5. The third-order valence-corrected chi connectivity index (χ3v) is 8.68. The summed E-state index contributed by atoms with van der Waals surface area (Å²) in [6.07, 6.45) is -4.54. The Kier molecular flexibility index (Phi) is 6.66. The van der Waals surface area contributed by atoms with E-state index in [9.17, 15) is 27.4 Å². The molecule has 0 fully saturated rings. The lowest BCUT2D eigenvalue weighted by atomic mass is 10.0. The van der Waals surface area contributed by atoms with Crippen LogP contribution in [0.5, 0.6) is 0 Å². The Morgan fingerprint density at radius 2 is 1.55 bits per heavy atom. The Morgan fingerprint density at radius 1 is 0.909 bits per heavy atom. The molecule has 0 aromatic heterocycles. The molecule has 1 N–H and O–H groups in total. The van der Waals surface area contributed by atoms with Gasteiger partial charge in [-0.25, -0.2) is 4.57 Å². The fourth-order valence-corrected chi connectivity index (χ4v) is 7.16. The third-order valence-electron chi connectivity index (χ3n) is 4.77. The minimum atomic E-state index is -4.54. The molecule has 0 amide bonds. The number of alkyl halides is 3. The standard InChI is InChI=1S/C21H11Cl3F3O4PS/c22-12-7-17(23)20(18(24)8-12)33-32(29,30)31-9-10-1-3-13-15-6-11(21(25,26)27)2-4-14(15)19(28)16(13)5-10/h1-8H,9H2,(H,29,30). The summed E-state index contributed by atoms with van der Waals surface area (Å²) in [5.74, 6) is -0.433. The quantitative estimate of drug-likeness (QED) is 0.252. The molecular weight excluding hydrogens is 543 g/mol. The summed E-state index contributed by atoms with van der Waals surface area (Å²) in [4.78, 5) is 23.0. The van der Waals surface area contributed by atoms with Crippen LogP contribution in [0.1, 0.15) is 27.0 Å². The number of fused-ring (bicyclic) bond motifs is 3. The zero-order valence-electron chi connectivity index (χ0n) is 16.1. The number of carbonyl (C=O) groups excluding carboxylic acids is 1. The normalized spacial score (nSPS) is 14.7. The summed E-state index contributed by atoms with van der Waals surface area (Å²) in [5.41, 5.74) is 0.418. The highest BCUT2D eigenvalue weighted by Crippen LogP contribution is 2.62. The molecular formula is C21H11Cl3F3O4PS. The van der Waals surface area contributed by atoms with Gasteiger partial charge in [0.05, 0.1) is 27.1 Å². The van der Waals surface area contributed by atoms with Crippen LogP contribution >= 0.6 is 53.0 Å². The van der Waals surface area contributed by atoms with Crippen molar-refractivity contribution in [2.24, 2.45) is 0 Å². The molecule has 4 rings (SSSR count). The SMILES string of the molecule is O=C1c2cc(COP(=O)(O)Sc3c(Cl)cc(Cl)cc3Cl)ccc2-c2cc(C(F)(F)F)ccc21. The van der Waals surface area contributed by atoms with Gasteiger partial charge < -0.3 is 4.89 Å². The molecule has 0 saturated carbocycles. The van der Waals surface area contributed by atoms with Crippen LogP contribution in [-0.4, -0.2) is 10.7 Å². The van der Waals surface area contributed by atoms with Gasteiger partial charge in [-0.05, 0) is 64.5 Å². The van der Waals surface area contributed by atoms with Gasteiger partial charge in [-0.1, -0.05) is 46.9 Å². The molecule has 0 heterocycles. The third kappa shape index (κ3) is 5.13. The summed E-state index contributed by atoms with van der Waals surface area (Å²) in [7, 11) is 0. The highest BCUT2D eigenvalue weighted by Gasteiger charge is 2.34. The van der Waals surface area contributed by atoms with E-state index in [0.29, 0.717) is 22.5 Å². The molecule has 4 nitrogen and oxygen atoms in total. The molecule has 1 atom stereocenters. The first-order valence-corrected chi connectivity index (χ1v) is 13.2. The monoisotopic (exact) mass is 552 g/mol. The molecule has 1 aliphatic rings. The van der Waals surface area contributed by atoms with Gasteiger partial charge in [-0.15, -0.1) is 0 Å². The zero-order valence-corrected chi connectivity index (χ0v) is 20.1. The summed E-state index contributed by atoms with van der Waals surface area (Å²) < 4.78 is 56.9. The van der Waals surface area contributed by atoms with E-state index < -0.39 is 24.3 Å². The summed E-state index contributed by atoms with van der Waals surface area (Å²) in [6.45, 7) is -4.61. The maximum atomic E-state index is 13.1. The molecule has 1 unspecified atom stereocenters. The smallest absolute Gasteiger partial charge is 0.316 e. The zero-order chi connectivity index (χ0) is 24.1. The maximum absolute atomic E-state index is 13.1.